The smallest absolute Gasteiger partial charge is 0.246 e. The molecule has 5 heteroatoms. The van der Waals surface area contributed by atoms with E-state index in [-0.39, 0.29) is 0 Å². The Kier molecular flexibility index (Phi) is 2.51. The summed E-state index contributed by atoms with van der Waals surface area (Å²) in [4.78, 5) is 12.1. The number of nitrogens with zero attached hydrogens (tertiary/aromatic N) is 3. The molecule has 2 aromatic heterocycles. The molecule has 0 bridgehead atoms. The lowest BCUT2D eigenvalue weighted by Crippen LogP contribution is -2.03. The van der Waals surface area contributed by atoms with Gasteiger partial charge in [-0.3, -0.25) is 4.98 Å². The lowest BCUT2D eigenvalue weighted by molar-refractivity contribution is 0.502. The zero-order valence-corrected chi connectivity index (χ0v) is 7.77. The zero-order valence-electron chi connectivity index (χ0n) is 7.77. The molecule has 0 aromatic carbocycles. The van der Waals surface area contributed by atoms with Gasteiger partial charge in [-0.25, -0.2) is 9.97 Å². The first-order chi connectivity index (χ1) is 6.90. The molecule has 0 unspecified atom stereocenters. The van der Waals surface area contributed by atoms with E-state index in [4.69, 9.17) is 4.42 Å². The van der Waals surface area contributed by atoms with Crippen molar-refractivity contribution in [2.24, 2.45) is 0 Å². The average Bonchev–Trinajstić information content (AvgIpc) is 2.68. The third-order valence-electron chi connectivity index (χ3n) is 1.69. The van der Waals surface area contributed by atoms with E-state index in [9.17, 15) is 0 Å². The molecule has 14 heavy (non-hydrogen) atoms. The second-order valence-electron chi connectivity index (χ2n) is 2.75. The fourth-order valence-electron chi connectivity index (χ4n) is 1.09. The van der Waals surface area contributed by atoms with E-state index in [0.717, 1.165) is 5.76 Å². The van der Waals surface area contributed by atoms with E-state index in [2.05, 4.69) is 20.3 Å². The SMILES string of the molecule is CNCc1cnc(-c2cnccn2)o1. The highest BCUT2D eigenvalue weighted by molar-refractivity contribution is 5.43. The molecule has 0 radical (unpaired) electrons. The molecular formula is C9H10N4O. The van der Waals surface area contributed by atoms with Crippen LogP contribution >= 0.6 is 0 Å². The van der Waals surface area contributed by atoms with Crippen LogP contribution in [-0.2, 0) is 6.54 Å². The number of aromatic nitrogens is 3. The maximum Gasteiger partial charge on any atom is 0.246 e. The molecular weight excluding hydrogens is 180 g/mol. The minimum atomic E-state index is 0.503. The van der Waals surface area contributed by atoms with Crippen LogP contribution in [0.1, 0.15) is 5.76 Å². The van der Waals surface area contributed by atoms with Crippen LogP contribution in [0.2, 0.25) is 0 Å². The van der Waals surface area contributed by atoms with Crippen LogP contribution in [0.5, 0.6) is 0 Å². The fourth-order valence-corrected chi connectivity index (χ4v) is 1.09. The summed E-state index contributed by atoms with van der Waals surface area (Å²) in [5.41, 5.74) is 0.648. The summed E-state index contributed by atoms with van der Waals surface area (Å²) in [7, 11) is 1.85. The van der Waals surface area contributed by atoms with E-state index in [1.807, 2.05) is 7.05 Å². The first-order valence-corrected chi connectivity index (χ1v) is 4.26. The topological polar surface area (TPSA) is 63.8 Å². The molecule has 0 amide bonds. The van der Waals surface area contributed by atoms with Gasteiger partial charge in [-0.1, -0.05) is 0 Å². The largest absolute Gasteiger partial charge is 0.438 e. The van der Waals surface area contributed by atoms with Gasteiger partial charge in [0, 0.05) is 12.4 Å². The number of hydrogen-bond acceptors (Lipinski definition) is 5. The Hall–Kier alpha value is -1.75. The third-order valence-corrected chi connectivity index (χ3v) is 1.69. The highest BCUT2D eigenvalue weighted by Crippen LogP contribution is 2.14. The second-order valence-corrected chi connectivity index (χ2v) is 2.75. The van der Waals surface area contributed by atoms with Crippen LogP contribution in [0.4, 0.5) is 0 Å². The molecule has 2 rings (SSSR count). The van der Waals surface area contributed by atoms with Crippen molar-refractivity contribution in [1.82, 2.24) is 20.3 Å². The minimum Gasteiger partial charge on any atom is -0.438 e. The third kappa shape index (κ3) is 1.77. The number of oxazole rings is 1. The van der Waals surface area contributed by atoms with Crippen LogP contribution in [0.25, 0.3) is 11.6 Å². The standard InChI is InChI=1S/C9H10N4O/c1-10-4-7-5-13-9(14-7)8-6-11-2-3-12-8/h2-3,5-6,10H,4H2,1H3. The van der Waals surface area contributed by atoms with Crippen LogP contribution in [0.3, 0.4) is 0 Å². The predicted molar refractivity (Wildman–Crippen MR) is 50.3 cm³/mol. The molecule has 0 aliphatic heterocycles. The van der Waals surface area contributed by atoms with Gasteiger partial charge in [-0.05, 0) is 7.05 Å². The van der Waals surface area contributed by atoms with E-state index in [1.165, 1.54) is 0 Å². The van der Waals surface area contributed by atoms with Crippen molar-refractivity contribution in [1.29, 1.82) is 0 Å². The molecule has 0 fully saturated rings. The summed E-state index contributed by atoms with van der Waals surface area (Å²) in [5, 5.41) is 2.98. The monoisotopic (exact) mass is 190 g/mol. The van der Waals surface area contributed by atoms with E-state index in [1.54, 1.807) is 24.8 Å². The minimum absolute atomic E-state index is 0.503. The van der Waals surface area contributed by atoms with E-state index in [0.29, 0.717) is 18.1 Å². The van der Waals surface area contributed by atoms with Crippen molar-refractivity contribution in [2.45, 2.75) is 6.54 Å². The van der Waals surface area contributed by atoms with Gasteiger partial charge >= 0.3 is 0 Å². The lowest BCUT2D eigenvalue weighted by atomic mass is 10.4. The molecule has 0 aliphatic carbocycles. The Balaban J connectivity index is 2.25. The fraction of sp³-hybridized carbons (Fsp3) is 0.222. The summed E-state index contributed by atoms with van der Waals surface area (Å²) in [6.45, 7) is 0.660. The highest BCUT2D eigenvalue weighted by Gasteiger charge is 2.06. The van der Waals surface area contributed by atoms with E-state index >= 15 is 0 Å². The molecule has 0 saturated heterocycles. The Morgan fingerprint density at radius 1 is 1.29 bits per heavy atom. The van der Waals surface area contributed by atoms with Gasteiger partial charge in [0.05, 0.1) is 18.9 Å². The Labute approximate surface area is 81.2 Å². The molecule has 72 valence electrons. The van der Waals surface area contributed by atoms with Crippen molar-refractivity contribution >= 4 is 0 Å². The first kappa shape index (κ1) is 8.83. The molecule has 0 atom stereocenters. The molecule has 1 N–H and O–H groups in total. The first-order valence-electron chi connectivity index (χ1n) is 4.26. The zero-order chi connectivity index (χ0) is 9.80. The maximum atomic E-state index is 5.43. The molecule has 2 aromatic rings. The van der Waals surface area contributed by atoms with Crippen LogP contribution in [0, 0.1) is 0 Å². The van der Waals surface area contributed by atoms with Gasteiger partial charge in [-0.15, -0.1) is 0 Å². The Bertz CT molecular complexity index is 398. The molecule has 5 nitrogen and oxygen atoms in total. The van der Waals surface area contributed by atoms with Gasteiger partial charge < -0.3 is 9.73 Å². The summed E-state index contributed by atoms with van der Waals surface area (Å²) >= 11 is 0. The van der Waals surface area contributed by atoms with Crippen molar-refractivity contribution < 1.29 is 4.42 Å². The summed E-state index contributed by atoms with van der Waals surface area (Å²) in [5.74, 6) is 1.29. The predicted octanol–water partition coefficient (Wildman–Crippen LogP) is 0.851. The highest BCUT2D eigenvalue weighted by atomic mass is 16.4. The molecule has 0 saturated carbocycles. The average molecular weight is 190 g/mol. The van der Waals surface area contributed by atoms with Crippen molar-refractivity contribution in [2.75, 3.05) is 7.05 Å². The number of hydrogen-bond donors (Lipinski definition) is 1. The summed E-state index contributed by atoms with van der Waals surface area (Å²) in [6.07, 6.45) is 6.52. The van der Waals surface area contributed by atoms with Gasteiger partial charge in [0.25, 0.3) is 0 Å². The summed E-state index contributed by atoms with van der Waals surface area (Å²) in [6, 6.07) is 0. The second kappa shape index (κ2) is 3.97. The number of rotatable bonds is 3. The van der Waals surface area contributed by atoms with Crippen molar-refractivity contribution in [3.63, 3.8) is 0 Å². The van der Waals surface area contributed by atoms with E-state index < -0.39 is 0 Å². The lowest BCUT2D eigenvalue weighted by Gasteiger charge is -1.93. The quantitative estimate of drug-likeness (QED) is 0.777. The normalized spacial score (nSPS) is 10.4. The van der Waals surface area contributed by atoms with Crippen molar-refractivity contribution in [3.05, 3.63) is 30.5 Å². The van der Waals surface area contributed by atoms with Crippen molar-refractivity contribution in [3.8, 4) is 11.6 Å². The molecule has 0 aliphatic rings. The summed E-state index contributed by atoms with van der Waals surface area (Å²) < 4.78 is 5.43. The Morgan fingerprint density at radius 2 is 2.21 bits per heavy atom. The van der Waals surface area contributed by atoms with Gasteiger partial charge in [0.2, 0.25) is 5.89 Å². The maximum absolute atomic E-state index is 5.43. The van der Waals surface area contributed by atoms with Crippen LogP contribution < -0.4 is 5.32 Å². The van der Waals surface area contributed by atoms with Gasteiger partial charge in [-0.2, -0.15) is 0 Å². The molecule has 2 heterocycles. The van der Waals surface area contributed by atoms with Gasteiger partial charge in [0.1, 0.15) is 11.5 Å². The number of nitrogens with one attached hydrogen (secondary N) is 1. The van der Waals surface area contributed by atoms with Gasteiger partial charge in [0.15, 0.2) is 0 Å². The Morgan fingerprint density at radius 3 is 2.93 bits per heavy atom. The van der Waals surface area contributed by atoms with Crippen LogP contribution in [-0.4, -0.2) is 22.0 Å². The molecule has 0 spiro atoms. The van der Waals surface area contributed by atoms with Crippen LogP contribution in [0.15, 0.2) is 29.2 Å².